The van der Waals surface area contributed by atoms with E-state index in [0.717, 1.165) is 5.75 Å². The van der Waals surface area contributed by atoms with E-state index in [9.17, 15) is 0 Å². The van der Waals surface area contributed by atoms with Crippen molar-refractivity contribution >= 4 is 0 Å². The van der Waals surface area contributed by atoms with Crippen molar-refractivity contribution in [3.63, 3.8) is 0 Å². The Bertz CT molecular complexity index is 314. The minimum absolute atomic E-state index is 0.155. The molecule has 0 amide bonds. The second-order valence-electron chi connectivity index (χ2n) is 5.15. The summed E-state index contributed by atoms with van der Waals surface area (Å²) in [5, 5.41) is 0. The Morgan fingerprint density at radius 3 is 2.25 bits per heavy atom. The molecule has 0 radical (unpaired) electrons. The molecule has 0 aliphatic carbocycles. The molecule has 0 saturated carbocycles. The van der Waals surface area contributed by atoms with Crippen LogP contribution in [0.2, 0.25) is 0 Å². The first-order valence-corrected chi connectivity index (χ1v) is 5.63. The van der Waals surface area contributed by atoms with Crippen molar-refractivity contribution in [2.24, 2.45) is 5.84 Å². The minimum atomic E-state index is 0.155. The summed E-state index contributed by atoms with van der Waals surface area (Å²) in [4.78, 5) is 0. The van der Waals surface area contributed by atoms with Gasteiger partial charge in [-0.2, -0.15) is 0 Å². The van der Waals surface area contributed by atoms with Crippen LogP contribution in [-0.2, 0) is 5.41 Å². The molecule has 3 nitrogen and oxygen atoms in total. The molecule has 90 valence electrons. The number of ether oxygens (including phenoxy) is 1. The van der Waals surface area contributed by atoms with Gasteiger partial charge < -0.3 is 4.74 Å². The third-order valence-corrected chi connectivity index (χ3v) is 2.50. The van der Waals surface area contributed by atoms with Gasteiger partial charge in [0, 0.05) is 0 Å². The molecule has 0 saturated heterocycles. The van der Waals surface area contributed by atoms with Crippen LogP contribution in [-0.4, -0.2) is 12.6 Å². The highest BCUT2D eigenvalue weighted by atomic mass is 16.5. The van der Waals surface area contributed by atoms with Crippen molar-refractivity contribution in [2.45, 2.75) is 39.2 Å². The van der Waals surface area contributed by atoms with E-state index in [0.29, 0.717) is 6.61 Å². The summed E-state index contributed by atoms with van der Waals surface area (Å²) in [6.45, 7) is 9.14. The minimum Gasteiger partial charge on any atom is -0.492 e. The lowest BCUT2D eigenvalue weighted by Gasteiger charge is -2.19. The van der Waals surface area contributed by atoms with E-state index in [1.54, 1.807) is 0 Å². The summed E-state index contributed by atoms with van der Waals surface area (Å²) in [6.07, 6.45) is 0. The number of nitrogens with one attached hydrogen (secondary N) is 1. The van der Waals surface area contributed by atoms with E-state index in [2.05, 4.69) is 38.3 Å². The molecule has 0 aliphatic heterocycles. The molecule has 0 aliphatic rings. The van der Waals surface area contributed by atoms with Gasteiger partial charge in [0.05, 0.1) is 6.04 Å². The quantitative estimate of drug-likeness (QED) is 0.606. The van der Waals surface area contributed by atoms with Crippen molar-refractivity contribution < 1.29 is 4.74 Å². The van der Waals surface area contributed by atoms with Crippen LogP contribution in [0.5, 0.6) is 5.75 Å². The lowest BCUT2D eigenvalue weighted by atomic mass is 9.87. The van der Waals surface area contributed by atoms with Gasteiger partial charge in [-0.05, 0) is 30.0 Å². The zero-order valence-corrected chi connectivity index (χ0v) is 10.6. The van der Waals surface area contributed by atoms with Crippen LogP contribution in [0.1, 0.15) is 33.3 Å². The maximum atomic E-state index is 5.58. The highest BCUT2D eigenvalue weighted by Crippen LogP contribution is 2.24. The first-order chi connectivity index (χ1) is 7.43. The van der Waals surface area contributed by atoms with Crippen LogP contribution < -0.4 is 16.0 Å². The van der Waals surface area contributed by atoms with Gasteiger partial charge in [-0.15, -0.1) is 0 Å². The summed E-state index contributed by atoms with van der Waals surface area (Å²) in [6, 6.07) is 8.38. The Morgan fingerprint density at radius 1 is 1.25 bits per heavy atom. The third kappa shape index (κ3) is 3.83. The van der Waals surface area contributed by atoms with Crippen LogP contribution in [0.15, 0.2) is 24.3 Å². The predicted molar refractivity (Wildman–Crippen MR) is 67.4 cm³/mol. The molecule has 3 heteroatoms. The van der Waals surface area contributed by atoms with E-state index in [-0.39, 0.29) is 11.5 Å². The molecule has 1 atom stereocenters. The second-order valence-corrected chi connectivity index (χ2v) is 5.15. The maximum Gasteiger partial charge on any atom is 0.119 e. The molecular weight excluding hydrogens is 200 g/mol. The van der Waals surface area contributed by atoms with Gasteiger partial charge in [-0.3, -0.25) is 11.3 Å². The molecule has 1 unspecified atom stereocenters. The first kappa shape index (κ1) is 13.0. The monoisotopic (exact) mass is 222 g/mol. The molecule has 0 spiro atoms. The summed E-state index contributed by atoms with van der Waals surface area (Å²) in [5.74, 6) is 6.17. The van der Waals surface area contributed by atoms with E-state index < -0.39 is 0 Å². The van der Waals surface area contributed by atoms with E-state index in [1.165, 1.54) is 5.56 Å². The van der Waals surface area contributed by atoms with Gasteiger partial charge in [0.2, 0.25) is 0 Å². The fourth-order valence-electron chi connectivity index (χ4n) is 1.32. The Kier molecular flexibility index (Phi) is 4.33. The molecule has 0 fully saturated rings. The van der Waals surface area contributed by atoms with Crippen molar-refractivity contribution in [3.05, 3.63) is 29.8 Å². The Labute approximate surface area is 98.0 Å². The molecule has 0 bridgehead atoms. The average molecular weight is 222 g/mol. The lowest BCUT2D eigenvalue weighted by Crippen LogP contribution is -2.36. The van der Waals surface area contributed by atoms with Crippen molar-refractivity contribution in [3.8, 4) is 5.75 Å². The van der Waals surface area contributed by atoms with Crippen LogP contribution in [0.25, 0.3) is 0 Å². The zero-order valence-electron chi connectivity index (χ0n) is 10.6. The number of hydrazine groups is 1. The smallest absolute Gasteiger partial charge is 0.119 e. The number of hydrogen-bond acceptors (Lipinski definition) is 3. The highest BCUT2D eigenvalue weighted by Gasteiger charge is 2.12. The predicted octanol–water partition coefficient (Wildman–Crippen LogP) is 2.21. The molecular formula is C13H22N2O. The molecule has 0 aromatic heterocycles. The molecule has 1 aromatic carbocycles. The maximum absolute atomic E-state index is 5.58. The van der Waals surface area contributed by atoms with E-state index >= 15 is 0 Å². The number of hydrogen-bond donors (Lipinski definition) is 2. The molecule has 0 heterocycles. The SMILES string of the molecule is CC(COc1ccc(C(C)(C)C)cc1)NN. The number of rotatable bonds is 4. The fourth-order valence-corrected chi connectivity index (χ4v) is 1.32. The molecule has 3 N–H and O–H groups in total. The van der Waals surface area contributed by atoms with Gasteiger partial charge in [0.25, 0.3) is 0 Å². The summed E-state index contributed by atoms with van der Waals surface area (Å²) in [7, 11) is 0. The van der Waals surface area contributed by atoms with Gasteiger partial charge in [0.15, 0.2) is 0 Å². The van der Waals surface area contributed by atoms with Gasteiger partial charge in [0.1, 0.15) is 12.4 Å². The Morgan fingerprint density at radius 2 is 1.81 bits per heavy atom. The summed E-state index contributed by atoms with van der Waals surface area (Å²) >= 11 is 0. The number of benzene rings is 1. The standard InChI is InChI=1S/C13H22N2O/c1-10(15-14)9-16-12-7-5-11(6-8-12)13(2,3)4/h5-8,10,15H,9,14H2,1-4H3. The van der Waals surface area contributed by atoms with E-state index in [1.807, 2.05) is 19.1 Å². The third-order valence-electron chi connectivity index (χ3n) is 2.50. The van der Waals surface area contributed by atoms with Crippen molar-refractivity contribution in [1.29, 1.82) is 0 Å². The normalized spacial score (nSPS) is 13.6. The summed E-state index contributed by atoms with van der Waals surface area (Å²) in [5.41, 5.74) is 4.14. The zero-order chi connectivity index (χ0) is 12.2. The van der Waals surface area contributed by atoms with Crippen LogP contribution in [0, 0.1) is 0 Å². The molecule has 1 aromatic rings. The van der Waals surface area contributed by atoms with Crippen molar-refractivity contribution in [1.82, 2.24) is 5.43 Å². The average Bonchev–Trinajstić information content (AvgIpc) is 2.25. The lowest BCUT2D eigenvalue weighted by molar-refractivity contribution is 0.274. The largest absolute Gasteiger partial charge is 0.492 e. The molecule has 1 rings (SSSR count). The Balaban J connectivity index is 2.58. The van der Waals surface area contributed by atoms with Crippen molar-refractivity contribution in [2.75, 3.05) is 6.61 Å². The highest BCUT2D eigenvalue weighted by molar-refractivity contribution is 5.31. The van der Waals surface area contributed by atoms with Gasteiger partial charge in [-0.25, -0.2) is 0 Å². The molecule has 16 heavy (non-hydrogen) atoms. The topological polar surface area (TPSA) is 47.3 Å². The summed E-state index contributed by atoms with van der Waals surface area (Å²) < 4.78 is 5.58. The van der Waals surface area contributed by atoms with E-state index in [4.69, 9.17) is 10.6 Å². The second kappa shape index (κ2) is 5.32. The van der Waals surface area contributed by atoms with Crippen LogP contribution in [0.3, 0.4) is 0 Å². The van der Waals surface area contributed by atoms with Gasteiger partial charge >= 0.3 is 0 Å². The van der Waals surface area contributed by atoms with Gasteiger partial charge in [-0.1, -0.05) is 32.9 Å². The number of nitrogens with two attached hydrogens (primary N) is 1. The fraction of sp³-hybridized carbons (Fsp3) is 0.538. The Hall–Kier alpha value is -1.06. The first-order valence-electron chi connectivity index (χ1n) is 5.63. The van der Waals surface area contributed by atoms with Crippen LogP contribution in [0.4, 0.5) is 0 Å². The van der Waals surface area contributed by atoms with Crippen LogP contribution >= 0.6 is 0 Å².